The summed E-state index contributed by atoms with van der Waals surface area (Å²) in [5.74, 6) is -0.657. The van der Waals surface area contributed by atoms with Gasteiger partial charge < -0.3 is 4.90 Å². The number of carbonyl (C=O) groups excluding carboxylic acids is 2. The number of nitrogens with zero attached hydrogens (tertiary/aromatic N) is 2. The highest BCUT2D eigenvalue weighted by Crippen LogP contribution is 2.38. The van der Waals surface area contributed by atoms with Crippen molar-refractivity contribution in [1.29, 1.82) is 5.26 Å². The number of thiocyanates is 1. The number of nitriles is 1. The fourth-order valence-electron chi connectivity index (χ4n) is 1.92. The molecule has 0 radical (unpaired) electrons. The first-order valence-electron chi connectivity index (χ1n) is 5.01. The van der Waals surface area contributed by atoms with Gasteiger partial charge in [-0.3, -0.25) is 9.59 Å². The lowest BCUT2D eigenvalue weighted by Crippen LogP contribution is -2.52. The van der Waals surface area contributed by atoms with Crippen molar-refractivity contribution in [3.63, 3.8) is 0 Å². The maximum atomic E-state index is 12.3. The summed E-state index contributed by atoms with van der Waals surface area (Å²) in [5, 5.41) is 10.6. The first-order chi connectivity index (χ1) is 8.02. The van der Waals surface area contributed by atoms with Gasteiger partial charge in [0.2, 0.25) is 0 Å². The van der Waals surface area contributed by atoms with E-state index in [-0.39, 0.29) is 11.7 Å². The highest BCUT2D eigenvalue weighted by atomic mass is 32.2. The average Bonchev–Trinajstić information content (AvgIpc) is 2.35. The van der Waals surface area contributed by atoms with Crippen LogP contribution in [0.25, 0.3) is 0 Å². The molecule has 4 nitrogen and oxygen atoms in total. The number of carbonyl (C=O) groups is 2. The number of anilines is 1. The molecule has 0 fully saturated rings. The number of benzene rings is 1. The van der Waals surface area contributed by atoms with Crippen LogP contribution in [0.4, 0.5) is 5.69 Å². The third-order valence-electron chi connectivity index (χ3n) is 2.91. The minimum atomic E-state index is -1.34. The van der Waals surface area contributed by atoms with Crippen molar-refractivity contribution in [2.45, 2.75) is 11.7 Å². The van der Waals surface area contributed by atoms with Gasteiger partial charge >= 0.3 is 0 Å². The van der Waals surface area contributed by atoms with Gasteiger partial charge in [0.05, 0.1) is 5.69 Å². The minimum absolute atomic E-state index is 0.303. The van der Waals surface area contributed by atoms with Crippen LogP contribution in [0.5, 0.6) is 0 Å². The number of Topliss-reactive ketones (excluding diaryl/α,β-unsaturated/α-hetero) is 1. The zero-order valence-electron chi connectivity index (χ0n) is 9.43. The summed E-state index contributed by atoms with van der Waals surface area (Å²) < 4.78 is -1.34. The number of rotatable bonds is 1. The second-order valence-corrected chi connectivity index (χ2v) is 5.14. The largest absolute Gasteiger partial charge is 0.313 e. The van der Waals surface area contributed by atoms with E-state index in [0.29, 0.717) is 23.0 Å². The molecule has 0 aliphatic carbocycles. The summed E-state index contributed by atoms with van der Waals surface area (Å²) >= 11 is 0.703. The lowest BCUT2D eigenvalue weighted by Gasteiger charge is -2.35. The van der Waals surface area contributed by atoms with Gasteiger partial charge in [-0.15, -0.1) is 0 Å². The number of amides is 1. The van der Waals surface area contributed by atoms with E-state index in [9.17, 15) is 9.59 Å². The second kappa shape index (κ2) is 3.90. The second-order valence-electron chi connectivity index (χ2n) is 3.94. The molecule has 1 unspecified atom stereocenters. The molecule has 0 aromatic heterocycles. The van der Waals surface area contributed by atoms with E-state index >= 15 is 0 Å². The van der Waals surface area contributed by atoms with Crippen LogP contribution >= 0.6 is 11.8 Å². The van der Waals surface area contributed by atoms with Crippen LogP contribution in [-0.2, 0) is 4.79 Å². The molecule has 0 spiro atoms. The Morgan fingerprint density at radius 2 is 2.00 bits per heavy atom. The van der Waals surface area contributed by atoms with Gasteiger partial charge in [0.1, 0.15) is 5.40 Å². The van der Waals surface area contributed by atoms with E-state index in [2.05, 4.69) is 0 Å². The summed E-state index contributed by atoms with van der Waals surface area (Å²) in [6.07, 6.45) is 0. The van der Waals surface area contributed by atoms with E-state index in [1.165, 1.54) is 11.8 Å². The molecule has 5 heteroatoms. The van der Waals surface area contributed by atoms with Crippen molar-refractivity contribution in [1.82, 2.24) is 0 Å². The quantitative estimate of drug-likeness (QED) is 0.560. The van der Waals surface area contributed by atoms with Gasteiger partial charge in [-0.05, 0) is 30.8 Å². The third kappa shape index (κ3) is 1.53. The predicted octanol–water partition coefficient (Wildman–Crippen LogP) is 1.82. The Bertz CT molecular complexity index is 550. The van der Waals surface area contributed by atoms with Crippen molar-refractivity contribution in [3.8, 4) is 5.40 Å². The standard InChI is InChI=1S/C12H10N2O2S/c1-12(17-7-13)10(15)8-5-3-4-6-9(8)14(2)11(12)16/h3-6H,1-2H3. The van der Waals surface area contributed by atoms with Crippen molar-refractivity contribution >= 4 is 29.1 Å². The summed E-state index contributed by atoms with van der Waals surface area (Å²) in [6, 6.07) is 6.92. The van der Waals surface area contributed by atoms with Crippen LogP contribution in [0.15, 0.2) is 24.3 Å². The first-order valence-corrected chi connectivity index (χ1v) is 5.83. The van der Waals surface area contributed by atoms with Crippen molar-refractivity contribution in [2.24, 2.45) is 0 Å². The number of fused-ring (bicyclic) bond motifs is 1. The molecule has 17 heavy (non-hydrogen) atoms. The Labute approximate surface area is 103 Å². The molecule has 0 saturated heterocycles. The average molecular weight is 246 g/mol. The highest BCUT2D eigenvalue weighted by Gasteiger charge is 2.49. The molecule has 1 amide bonds. The maximum Gasteiger partial charge on any atom is 0.251 e. The number of thioether (sulfide) groups is 1. The highest BCUT2D eigenvalue weighted by molar-refractivity contribution is 8.06. The van der Waals surface area contributed by atoms with Crippen LogP contribution in [0, 0.1) is 10.7 Å². The molecule has 1 aromatic rings. The summed E-state index contributed by atoms with van der Waals surface area (Å²) in [4.78, 5) is 25.8. The Kier molecular flexibility index (Phi) is 2.68. The van der Waals surface area contributed by atoms with Crippen LogP contribution < -0.4 is 4.90 Å². The van der Waals surface area contributed by atoms with E-state index in [1.54, 1.807) is 31.3 Å². The normalized spacial score (nSPS) is 23.2. The SMILES string of the molecule is CN1C(=O)C(C)(SC#N)C(=O)c2ccccc21. The fourth-order valence-corrected chi connectivity index (χ4v) is 2.53. The van der Waals surface area contributed by atoms with Crippen LogP contribution in [0.2, 0.25) is 0 Å². The van der Waals surface area contributed by atoms with Gasteiger partial charge in [-0.25, -0.2) is 0 Å². The van der Waals surface area contributed by atoms with Gasteiger partial charge in [-0.2, -0.15) is 5.26 Å². The molecule has 1 aromatic carbocycles. The molecule has 1 atom stereocenters. The zero-order chi connectivity index (χ0) is 12.6. The Hall–Kier alpha value is -1.80. The smallest absolute Gasteiger partial charge is 0.251 e. The van der Waals surface area contributed by atoms with Gasteiger partial charge in [0, 0.05) is 12.6 Å². The first kappa shape index (κ1) is 11.7. The molecule has 1 heterocycles. The van der Waals surface area contributed by atoms with E-state index in [4.69, 9.17) is 5.26 Å². The molecule has 0 saturated carbocycles. The number of hydrogen-bond donors (Lipinski definition) is 0. The molecule has 1 aliphatic rings. The van der Waals surface area contributed by atoms with E-state index in [0.717, 1.165) is 0 Å². The van der Waals surface area contributed by atoms with Crippen LogP contribution in [0.3, 0.4) is 0 Å². The van der Waals surface area contributed by atoms with Crippen LogP contribution in [0.1, 0.15) is 17.3 Å². The summed E-state index contributed by atoms with van der Waals surface area (Å²) in [5.41, 5.74) is 1.08. The summed E-state index contributed by atoms with van der Waals surface area (Å²) in [6.45, 7) is 1.50. The Morgan fingerprint density at radius 1 is 1.35 bits per heavy atom. The molecule has 0 bridgehead atoms. The van der Waals surface area contributed by atoms with Crippen molar-refractivity contribution in [2.75, 3.05) is 11.9 Å². The Balaban J connectivity index is 2.63. The van der Waals surface area contributed by atoms with Gasteiger partial charge in [0.15, 0.2) is 10.5 Å². The van der Waals surface area contributed by atoms with Crippen molar-refractivity contribution in [3.05, 3.63) is 29.8 Å². The van der Waals surface area contributed by atoms with Gasteiger partial charge in [0.25, 0.3) is 5.91 Å². The number of hydrogen-bond acceptors (Lipinski definition) is 4. The Morgan fingerprint density at radius 3 is 2.65 bits per heavy atom. The minimum Gasteiger partial charge on any atom is -0.313 e. The topological polar surface area (TPSA) is 61.2 Å². The predicted molar refractivity (Wildman–Crippen MR) is 65.8 cm³/mol. The molecule has 0 N–H and O–H groups in total. The molecular weight excluding hydrogens is 236 g/mol. The molecule has 2 rings (SSSR count). The molecule has 86 valence electrons. The zero-order valence-corrected chi connectivity index (χ0v) is 10.2. The van der Waals surface area contributed by atoms with Crippen molar-refractivity contribution < 1.29 is 9.59 Å². The maximum absolute atomic E-state index is 12.3. The van der Waals surface area contributed by atoms with Gasteiger partial charge in [-0.1, -0.05) is 12.1 Å². The van der Waals surface area contributed by atoms with Crippen LogP contribution in [-0.4, -0.2) is 23.5 Å². The number of para-hydroxylation sites is 1. The van der Waals surface area contributed by atoms with E-state index < -0.39 is 4.75 Å². The fraction of sp³-hybridized carbons (Fsp3) is 0.250. The van der Waals surface area contributed by atoms with E-state index in [1.807, 2.05) is 5.40 Å². The molecular formula is C12H10N2O2S. The number of ketones is 1. The monoisotopic (exact) mass is 246 g/mol. The molecule has 1 aliphatic heterocycles. The lowest BCUT2D eigenvalue weighted by molar-refractivity contribution is -0.119. The summed E-state index contributed by atoms with van der Waals surface area (Å²) in [7, 11) is 1.61. The third-order valence-corrected chi connectivity index (χ3v) is 3.77. The lowest BCUT2D eigenvalue weighted by atomic mass is 9.91.